The van der Waals surface area contributed by atoms with Gasteiger partial charge in [0.15, 0.2) is 9.84 Å². The smallest absolute Gasteiger partial charge is 0.323 e. The summed E-state index contributed by atoms with van der Waals surface area (Å²) in [5.41, 5.74) is 1.81. The van der Waals surface area contributed by atoms with Crippen molar-refractivity contribution >= 4 is 21.6 Å². The molecule has 0 spiro atoms. The predicted molar refractivity (Wildman–Crippen MR) is 104 cm³/mol. The lowest BCUT2D eigenvalue weighted by Crippen LogP contribution is -2.46. The maximum Gasteiger partial charge on any atom is 0.324 e. The number of hydrogen-bond acceptors (Lipinski definition) is 4. The van der Waals surface area contributed by atoms with Crippen molar-refractivity contribution in [1.29, 1.82) is 0 Å². The Morgan fingerprint density at radius 3 is 2.62 bits per heavy atom. The number of carbonyl (C=O) groups is 1. The van der Waals surface area contributed by atoms with Crippen molar-refractivity contribution in [2.24, 2.45) is 0 Å². The third kappa shape index (κ3) is 3.74. The van der Waals surface area contributed by atoms with Gasteiger partial charge in [-0.15, -0.1) is 0 Å². The zero-order chi connectivity index (χ0) is 18.9. The van der Waals surface area contributed by atoms with E-state index in [1.54, 1.807) is 18.2 Å². The summed E-state index contributed by atoms with van der Waals surface area (Å²) >= 11 is 0. The van der Waals surface area contributed by atoms with E-state index in [2.05, 4.69) is 18.7 Å². The second kappa shape index (κ2) is 7.56. The molecular formula is C19H29N3O3S. The van der Waals surface area contributed by atoms with Gasteiger partial charge in [0.2, 0.25) is 0 Å². The summed E-state index contributed by atoms with van der Waals surface area (Å²) < 4.78 is 23.6. The van der Waals surface area contributed by atoms with E-state index in [1.807, 2.05) is 9.80 Å². The summed E-state index contributed by atoms with van der Waals surface area (Å²) in [5, 5.41) is 0. The third-order valence-corrected chi connectivity index (χ3v) is 6.70. The molecule has 3 rings (SSSR count). The number of hydrogen-bond donors (Lipinski definition) is 0. The number of sulfone groups is 1. The van der Waals surface area contributed by atoms with Crippen molar-refractivity contribution < 1.29 is 13.2 Å². The van der Waals surface area contributed by atoms with Crippen molar-refractivity contribution in [2.45, 2.75) is 44.0 Å². The van der Waals surface area contributed by atoms with Crippen LogP contribution in [0.1, 0.15) is 32.3 Å². The van der Waals surface area contributed by atoms with Gasteiger partial charge in [-0.1, -0.05) is 13.8 Å². The Morgan fingerprint density at radius 1 is 1.23 bits per heavy atom. The minimum Gasteiger partial charge on any atom is -0.323 e. The van der Waals surface area contributed by atoms with E-state index in [1.165, 1.54) is 6.26 Å². The lowest BCUT2D eigenvalue weighted by molar-refractivity contribution is 0.197. The number of amides is 2. The van der Waals surface area contributed by atoms with Crippen LogP contribution in [0.4, 0.5) is 10.5 Å². The number of likely N-dealkylation sites (tertiary alicyclic amines) is 1. The fourth-order valence-electron chi connectivity index (χ4n) is 4.13. The number of aryl methyl sites for hydroxylation is 1. The predicted octanol–water partition coefficient (Wildman–Crippen LogP) is 2.38. The van der Waals surface area contributed by atoms with Crippen molar-refractivity contribution in [1.82, 2.24) is 9.80 Å². The molecule has 1 saturated heterocycles. The van der Waals surface area contributed by atoms with Crippen LogP contribution in [0.3, 0.4) is 0 Å². The molecule has 144 valence electrons. The van der Waals surface area contributed by atoms with Crippen LogP contribution < -0.4 is 4.90 Å². The first-order valence-corrected chi connectivity index (χ1v) is 11.4. The van der Waals surface area contributed by atoms with Crippen LogP contribution in [-0.4, -0.2) is 69.3 Å². The zero-order valence-corrected chi connectivity index (χ0v) is 16.8. The fourth-order valence-corrected chi connectivity index (χ4v) is 4.80. The summed E-state index contributed by atoms with van der Waals surface area (Å²) in [6, 6.07) is 5.62. The molecule has 1 atom stereocenters. The van der Waals surface area contributed by atoms with Gasteiger partial charge in [0, 0.05) is 37.6 Å². The van der Waals surface area contributed by atoms with Gasteiger partial charge in [-0.3, -0.25) is 9.80 Å². The molecule has 0 radical (unpaired) electrons. The maximum atomic E-state index is 13.1. The molecule has 1 aromatic carbocycles. The first-order chi connectivity index (χ1) is 12.3. The van der Waals surface area contributed by atoms with Crippen LogP contribution in [0, 0.1) is 0 Å². The molecule has 0 aliphatic carbocycles. The Morgan fingerprint density at radius 2 is 1.96 bits per heavy atom. The van der Waals surface area contributed by atoms with Crippen molar-refractivity contribution in [3.63, 3.8) is 0 Å². The standard InChI is InChI=1S/C19H29N3O3S/c1-4-20(5-2)16-10-12-21(14-16)19(23)22-11-6-7-15-13-17(26(3,24)25)8-9-18(15)22/h8-9,13,16H,4-7,10-12,14H2,1-3H3. The number of fused-ring (bicyclic) bond motifs is 1. The SMILES string of the molecule is CCN(CC)C1CCN(C(=O)N2CCCc3cc(S(C)(=O)=O)ccc32)C1. The van der Waals surface area contributed by atoms with Crippen LogP contribution in [0.2, 0.25) is 0 Å². The normalized spacial score (nSPS) is 20.5. The van der Waals surface area contributed by atoms with E-state index in [9.17, 15) is 13.2 Å². The quantitative estimate of drug-likeness (QED) is 0.806. The van der Waals surface area contributed by atoms with E-state index in [-0.39, 0.29) is 6.03 Å². The molecule has 0 bridgehead atoms. The lowest BCUT2D eigenvalue weighted by Gasteiger charge is -2.33. The highest BCUT2D eigenvalue weighted by Crippen LogP contribution is 2.31. The fraction of sp³-hybridized carbons (Fsp3) is 0.632. The van der Waals surface area contributed by atoms with E-state index in [0.29, 0.717) is 17.5 Å². The Bertz CT molecular complexity index is 774. The van der Waals surface area contributed by atoms with Gasteiger partial charge in [-0.05, 0) is 56.1 Å². The van der Waals surface area contributed by atoms with E-state index in [0.717, 1.165) is 56.7 Å². The molecule has 1 aromatic rings. The molecule has 2 heterocycles. The molecule has 7 heteroatoms. The molecule has 6 nitrogen and oxygen atoms in total. The van der Waals surface area contributed by atoms with Crippen LogP contribution in [-0.2, 0) is 16.3 Å². The zero-order valence-electron chi connectivity index (χ0n) is 15.9. The molecule has 0 saturated carbocycles. The Labute approximate surface area is 156 Å². The van der Waals surface area contributed by atoms with Crippen molar-refractivity contribution in [3.05, 3.63) is 23.8 Å². The van der Waals surface area contributed by atoms with Gasteiger partial charge in [0.25, 0.3) is 0 Å². The third-order valence-electron chi connectivity index (χ3n) is 5.59. The first kappa shape index (κ1) is 19.2. The second-order valence-electron chi connectivity index (χ2n) is 7.21. The summed E-state index contributed by atoms with van der Waals surface area (Å²) in [6.45, 7) is 8.58. The number of rotatable bonds is 4. The number of carbonyl (C=O) groups excluding carboxylic acids is 1. The van der Waals surface area contributed by atoms with Gasteiger partial charge in [-0.25, -0.2) is 13.2 Å². The van der Waals surface area contributed by atoms with Crippen LogP contribution in [0.5, 0.6) is 0 Å². The summed E-state index contributed by atoms with van der Waals surface area (Å²) in [5.74, 6) is 0. The number of anilines is 1. The second-order valence-corrected chi connectivity index (χ2v) is 9.23. The summed E-state index contributed by atoms with van der Waals surface area (Å²) in [7, 11) is -3.23. The summed E-state index contributed by atoms with van der Waals surface area (Å²) in [6.07, 6.45) is 3.91. The molecule has 1 unspecified atom stereocenters. The van der Waals surface area contributed by atoms with Crippen molar-refractivity contribution in [3.8, 4) is 0 Å². The molecule has 26 heavy (non-hydrogen) atoms. The molecule has 2 aliphatic rings. The number of likely N-dealkylation sites (N-methyl/N-ethyl adjacent to an activating group) is 1. The lowest BCUT2D eigenvalue weighted by atomic mass is 10.0. The number of nitrogens with zero attached hydrogens (tertiary/aromatic N) is 3. The molecule has 2 aliphatic heterocycles. The Kier molecular flexibility index (Phi) is 5.58. The van der Waals surface area contributed by atoms with Crippen LogP contribution >= 0.6 is 0 Å². The molecule has 2 amide bonds. The van der Waals surface area contributed by atoms with Crippen LogP contribution in [0.25, 0.3) is 0 Å². The van der Waals surface area contributed by atoms with Gasteiger partial charge < -0.3 is 4.90 Å². The van der Waals surface area contributed by atoms with E-state index in [4.69, 9.17) is 0 Å². The topological polar surface area (TPSA) is 60.9 Å². The average molecular weight is 380 g/mol. The average Bonchev–Trinajstić information content (AvgIpc) is 3.10. The minimum atomic E-state index is -3.23. The number of benzene rings is 1. The van der Waals surface area contributed by atoms with E-state index < -0.39 is 9.84 Å². The maximum absolute atomic E-state index is 13.1. The molecular weight excluding hydrogens is 350 g/mol. The van der Waals surface area contributed by atoms with Crippen molar-refractivity contribution in [2.75, 3.05) is 43.9 Å². The minimum absolute atomic E-state index is 0.0488. The molecule has 1 fully saturated rings. The largest absolute Gasteiger partial charge is 0.324 e. The monoisotopic (exact) mass is 379 g/mol. The Balaban J connectivity index is 1.78. The molecule has 0 N–H and O–H groups in total. The van der Waals surface area contributed by atoms with Gasteiger partial charge in [0.05, 0.1) is 4.90 Å². The van der Waals surface area contributed by atoms with Gasteiger partial charge in [-0.2, -0.15) is 0 Å². The van der Waals surface area contributed by atoms with Gasteiger partial charge >= 0.3 is 6.03 Å². The summed E-state index contributed by atoms with van der Waals surface area (Å²) in [4.78, 5) is 19.6. The number of urea groups is 1. The van der Waals surface area contributed by atoms with E-state index >= 15 is 0 Å². The molecule has 0 aromatic heterocycles. The highest BCUT2D eigenvalue weighted by atomic mass is 32.2. The Hall–Kier alpha value is -1.60. The highest BCUT2D eigenvalue weighted by Gasteiger charge is 2.33. The highest BCUT2D eigenvalue weighted by molar-refractivity contribution is 7.90. The van der Waals surface area contributed by atoms with Gasteiger partial charge in [0.1, 0.15) is 0 Å². The van der Waals surface area contributed by atoms with Crippen LogP contribution in [0.15, 0.2) is 23.1 Å². The first-order valence-electron chi connectivity index (χ1n) is 9.48.